The van der Waals surface area contributed by atoms with Crippen molar-refractivity contribution in [1.82, 2.24) is 4.98 Å². The summed E-state index contributed by atoms with van der Waals surface area (Å²) in [6, 6.07) is 50.2. The molecular formula is C37H23N. The van der Waals surface area contributed by atoms with Crippen molar-refractivity contribution in [3.63, 3.8) is 0 Å². The minimum absolute atomic E-state index is 1.02. The summed E-state index contributed by atoms with van der Waals surface area (Å²) in [5, 5.41) is 11.3. The Labute approximate surface area is 220 Å². The second-order valence-corrected chi connectivity index (χ2v) is 9.96. The predicted octanol–water partition coefficient (Wildman–Crippen LogP) is 10.2. The van der Waals surface area contributed by atoms with Crippen molar-refractivity contribution in [1.29, 1.82) is 0 Å². The number of hydrogen-bond acceptors (Lipinski definition) is 1. The molecule has 0 saturated heterocycles. The molecule has 38 heavy (non-hydrogen) atoms. The fraction of sp³-hybridized carbons (Fsp3) is 0. The Morgan fingerprint density at radius 3 is 1.79 bits per heavy atom. The second-order valence-electron chi connectivity index (χ2n) is 9.96. The molecule has 0 unspecified atom stereocenters. The summed E-state index contributed by atoms with van der Waals surface area (Å²) in [6.07, 6.45) is 0. The molecular weight excluding hydrogens is 458 g/mol. The number of aromatic nitrogens is 1. The maximum absolute atomic E-state index is 5.17. The topological polar surface area (TPSA) is 12.9 Å². The average molecular weight is 482 g/mol. The summed E-state index contributed by atoms with van der Waals surface area (Å²) in [7, 11) is 0. The highest BCUT2D eigenvalue weighted by atomic mass is 14.7. The third-order valence-corrected chi connectivity index (χ3v) is 7.83. The number of nitrogens with zero attached hydrogens (tertiary/aromatic N) is 1. The SMILES string of the molecule is c1ccc2c(c1)cc(-c1ccc(-c3nc4ccccc4c4c3ccc3ccccc34)cc1)c1ccccc12. The molecule has 0 bridgehead atoms. The Balaban J connectivity index is 1.35. The Kier molecular flexibility index (Phi) is 4.59. The molecule has 8 aromatic rings. The van der Waals surface area contributed by atoms with Gasteiger partial charge in [0.1, 0.15) is 0 Å². The van der Waals surface area contributed by atoms with Crippen LogP contribution >= 0.6 is 0 Å². The maximum atomic E-state index is 5.17. The van der Waals surface area contributed by atoms with E-state index in [0.717, 1.165) is 16.8 Å². The van der Waals surface area contributed by atoms with E-state index >= 15 is 0 Å². The van der Waals surface area contributed by atoms with Crippen LogP contribution in [-0.4, -0.2) is 4.98 Å². The summed E-state index contributed by atoms with van der Waals surface area (Å²) >= 11 is 0. The van der Waals surface area contributed by atoms with E-state index in [-0.39, 0.29) is 0 Å². The third kappa shape index (κ3) is 3.16. The predicted molar refractivity (Wildman–Crippen MR) is 163 cm³/mol. The molecule has 0 fully saturated rings. The van der Waals surface area contributed by atoms with Crippen LogP contribution in [0.3, 0.4) is 0 Å². The number of fused-ring (bicyclic) bond motifs is 8. The Bertz CT molecular complexity index is 2160. The van der Waals surface area contributed by atoms with Crippen molar-refractivity contribution < 1.29 is 0 Å². The molecule has 0 N–H and O–H groups in total. The Morgan fingerprint density at radius 2 is 0.974 bits per heavy atom. The van der Waals surface area contributed by atoms with Crippen molar-refractivity contribution in [2.24, 2.45) is 0 Å². The van der Waals surface area contributed by atoms with Crippen LogP contribution in [0.15, 0.2) is 140 Å². The number of benzene rings is 7. The normalized spacial score (nSPS) is 11.7. The summed E-state index contributed by atoms with van der Waals surface area (Å²) in [6.45, 7) is 0. The van der Waals surface area contributed by atoms with Gasteiger partial charge >= 0.3 is 0 Å². The van der Waals surface area contributed by atoms with Gasteiger partial charge in [-0.05, 0) is 55.6 Å². The lowest BCUT2D eigenvalue weighted by atomic mass is 9.92. The lowest BCUT2D eigenvalue weighted by Gasteiger charge is -2.14. The molecule has 1 heteroatoms. The molecule has 0 amide bonds. The summed E-state index contributed by atoms with van der Waals surface area (Å²) in [4.78, 5) is 5.17. The third-order valence-electron chi connectivity index (χ3n) is 7.83. The highest BCUT2D eigenvalue weighted by Crippen LogP contribution is 2.39. The first-order valence-corrected chi connectivity index (χ1v) is 13.1. The molecule has 1 aromatic heterocycles. The minimum atomic E-state index is 1.02. The van der Waals surface area contributed by atoms with Crippen LogP contribution in [0.2, 0.25) is 0 Å². The van der Waals surface area contributed by atoms with Crippen molar-refractivity contribution in [3.8, 4) is 22.4 Å². The maximum Gasteiger partial charge on any atom is 0.0788 e. The quantitative estimate of drug-likeness (QED) is 0.224. The monoisotopic (exact) mass is 481 g/mol. The highest BCUT2D eigenvalue weighted by molar-refractivity contribution is 6.22. The van der Waals surface area contributed by atoms with Gasteiger partial charge in [-0.3, -0.25) is 0 Å². The van der Waals surface area contributed by atoms with Gasteiger partial charge < -0.3 is 0 Å². The molecule has 0 radical (unpaired) electrons. The zero-order valence-electron chi connectivity index (χ0n) is 20.7. The molecule has 0 aliphatic heterocycles. The average Bonchev–Trinajstić information content (AvgIpc) is 3.00. The van der Waals surface area contributed by atoms with Crippen LogP contribution in [0.25, 0.3) is 76.4 Å². The fourth-order valence-corrected chi connectivity index (χ4v) is 6.04. The van der Waals surface area contributed by atoms with Crippen LogP contribution in [0, 0.1) is 0 Å². The molecule has 0 spiro atoms. The lowest BCUT2D eigenvalue weighted by molar-refractivity contribution is 1.43. The van der Waals surface area contributed by atoms with E-state index in [9.17, 15) is 0 Å². The van der Waals surface area contributed by atoms with Gasteiger partial charge in [0.15, 0.2) is 0 Å². The first-order valence-electron chi connectivity index (χ1n) is 13.1. The highest BCUT2D eigenvalue weighted by Gasteiger charge is 2.14. The van der Waals surface area contributed by atoms with Crippen LogP contribution in [0.1, 0.15) is 0 Å². The number of hydrogen-bond donors (Lipinski definition) is 0. The summed E-state index contributed by atoms with van der Waals surface area (Å²) in [5.41, 5.74) is 5.65. The van der Waals surface area contributed by atoms with Crippen molar-refractivity contribution in [2.45, 2.75) is 0 Å². The van der Waals surface area contributed by atoms with Gasteiger partial charge in [0.2, 0.25) is 0 Å². The molecule has 0 aliphatic rings. The number of para-hydroxylation sites is 1. The van der Waals surface area contributed by atoms with E-state index in [1.807, 2.05) is 0 Å². The molecule has 0 aliphatic carbocycles. The van der Waals surface area contributed by atoms with Gasteiger partial charge in [0.05, 0.1) is 11.2 Å². The van der Waals surface area contributed by atoms with E-state index < -0.39 is 0 Å². The number of rotatable bonds is 2. The zero-order chi connectivity index (χ0) is 25.1. The lowest BCUT2D eigenvalue weighted by Crippen LogP contribution is -1.91. The Morgan fingerprint density at radius 1 is 0.368 bits per heavy atom. The largest absolute Gasteiger partial charge is 0.247 e. The second kappa shape index (κ2) is 8.26. The standard InChI is InChI=1S/C37H23N/c1-4-12-29-24(9-1)21-22-33-36(29)32-15-7-8-16-35(32)38-37(33)26-19-17-25(18-20-26)34-23-27-10-2-3-11-28(27)30-13-5-6-14-31(30)34/h1-23H. The van der Waals surface area contributed by atoms with E-state index in [4.69, 9.17) is 4.98 Å². The van der Waals surface area contributed by atoms with Crippen LogP contribution in [0.4, 0.5) is 0 Å². The van der Waals surface area contributed by atoms with Crippen molar-refractivity contribution >= 4 is 54.0 Å². The van der Waals surface area contributed by atoms with Crippen molar-refractivity contribution in [2.75, 3.05) is 0 Å². The van der Waals surface area contributed by atoms with E-state index in [2.05, 4.69) is 140 Å². The van der Waals surface area contributed by atoms with Crippen LogP contribution < -0.4 is 0 Å². The first kappa shape index (κ1) is 21.1. The van der Waals surface area contributed by atoms with E-state index in [0.29, 0.717) is 0 Å². The van der Waals surface area contributed by atoms with Crippen LogP contribution in [0.5, 0.6) is 0 Å². The van der Waals surface area contributed by atoms with Gasteiger partial charge in [-0.15, -0.1) is 0 Å². The summed E-state index contributed by atoms with van der Waals surface area (Å²) < 4.78 is 0. The zero-order valence-corrected chi connectivity index (χ0v) is 20.7. The smallest absolute Gasteiger partial charge is 0.0788 e. The molecule has 176 valence electrons. The van der Waals surface area contributed by atoms with Gasteiger partial charge in [0.25, 0.3) is 0 Å². The fourth-order valence-electron chi connectivity index (χ4n) is 6.04. The van der Waals surface area contributed by atoms with Crippen LogP contribution in [-0.2, 0) is 0 Å². The van der Waals surface area contributed by atoms with Gasteiger partial charge in [0, 0.05) is 21.7 Å². The molecule has 0 atom stereocenters. The molecule has 7 aromatic carbocycles. The summed E-state index contributed by atoms with van der Waals surface area (Å²) in [5.74, 6) is 0. The molecule has 1 heterocycles. The van der Waals surface area contributed by atoms with E-state index in [1.165, 1.54) is 59.6 Å². The molecule has 8 rings (SSSR count). The van der Waals surface area contributed by atoms with Gasteiger partial charge in [-0.1, -0.05) is 127 Å². The Hall–Kier alpha value is -5.01. The van der Waals surface area contributed by atoms with Crippen molar-refractivity contribution in [3.05, 3.63) is 140 Å². The molecule has 1 nitrogen and oxygen atoms in total. The number of pyridine rings is 1. The van der Waals surface area contributed by atoms with Gasteiger partial charge in [-0.25, -0.2) is 4.98 Å². The minimum Gasteiger partial charge on any atom is -0.247 e. The van der Waals surface area contributed by atoms with E-state index in [1.54, 1.807) is 0 Å². The first-order chi connectivity index (χ1) is 18.8. The molecule has 0 saturated carbocycles. The van der Waals surface area contributed by atoms with Gasteiger partial charge in [-0.2, -0.15) is 0 Å².